The van der Waals surface area contributed by atoms with Crippen molar-refractivity contribution in [1.82, 2.24) is 0 Å². The molecular weight excluding hydrogens is 412 g/mol. The van der Waals surface area contributed by atoms with Crippen LogP contribution in [-0.2, 0) is 0 Å². The van der Waals surface area contributed by atoms with Crippen molar-refractivity contribution in [2.75, 3.05) is 31.0 Å². The van der Waals surface area contributed by atoms with Crippen molar-refractivity contribution in [2.24, 2.45) is 0 Å². The molecule has 5 heteroatoms. The Morgan fingerprint density at radius 1 is 0.864 bits per heavy atom. The molecule has 2 aromatic rings. The van der Waals surface area contributed by atoms with Crippen molar-refractivity contribution in [3.63, 3.8) is 0 Å². The van der Waals surface area contributed by atoms with Gasteiger partial charge in [-0.05, 0) is 12.8 Å². The largest absolute Gasteiger partial charge is 0.493 e. The van der Waals surface area contributed by atoms with Crippen molar-refractivity contribution >= 4 is 42.6 Å². The summed E-state index contributed by atoms with van der Waals surface area (Å²) in [5.74, 6) is 2.33. The number of fused-ring (bicyclic) bond motifs is 1. The average Bonchev–Trinajstić information content (AvgIpc) is 2.56. The van der Waals surface area contributed by atoms with E-state index in [9.17, 15) is 0 Å². The number of hydrogen-bond acceptors (Lipinski definition) is 3. The molecule has 0 N–H and O–H groups in total. The second kappa shape index (κ2) is 9.26. The van der Waals surface area contributed by atoms with Crippen molar-refractivity contribution in [3.05, 3.63) is 30.3 Å². The number of hydrogen-bond donors (Lipinski definition) is 0. The molecule has 0 bridgehead atoms. The van der Waals surface area contributed by atoms with E-state index >= 15 is 0 Å². The Kier molecular flexibility index (Phi) is 7.33. The molecule has 2 rings (SSSR count). The summed E-state index contributed by atoms with van der Waals surface area (Å²) >= 11 is 6.84. The first kappa shape index (κ1) is 17.4. The van der Waals surface area contributed by atoms with Crippen LogP contribution < -0.4 is 14.2 Å². The number of ether oxygens (including phenoxy) is 3. The predicted molar refractivity (Wildman–Crippen MR) is 98.3 cm³/mol. The third-order valence-corrected chi connectivity index (χ3v) is 4.32. The molecule has 2 aromatic carbocycles. The zero-order chi connectivity index (χ0) is 15.8. The van der Waals surface area contributed by atoms with E-state index in [0.717, 1.165) is 45.8 Å². The normalized spacial score (nSPS) is 10.7. The second-order valence-corrected chi connectivity index (χ2v) is 6.32. The van der Waals surface area contributed by atoms with Crippen LogP contribution in [-0.4, -0.2) is 31.0 Å². The van der Waals surface area contributed by atoms with Gasteiger partial charge in [0, 0.05) is 27.5 Å². The van der Waals surface area contributed by atoms with Gasteiger partial charge >= 0.3 is 0 Å². The van der Waals surface area contributed by atoms with Crippen molar-refractivity contribution < 1.29 is 14.2 Å². The Balaban J connectivity index is 2.39. The maximum absolute atomic E-state index is 5.94. The molecule has 0 saturated heterocycles. The first-order valence-electron chi connectivity index (χ1n) is 7.29. The van der Waals surface area contributed by atoms with E-state index in [4.69, 9.17) is 14.2 Å². The minimum Gasteiger partial charge on any atom is -0.493 e. The summed E-state index contributed by atoms with van der Waals surface area (Å²) in [5.41, 5.74) is 0. The standard InChI is InChI=1S/C17H20Br2O3/c1-20-16-12-15(21-10-4-8-18)13-6-2-3-7-14(13)17(16)22-11-5-9-19/h2-3,6-7,12H,4-5,8-11H2,1H3. The third kappa shape index (κ3) is 4.29. The summed E-state index contributed by atoms with van der Waals surface area (Å²) in [6.45, 7) is 1.32. The van der Waals surface area contributed by atoms with Gasteiger partial charge in [-0.3, -0.25) is 0 Å². The van der Waals surface area contributed by atoms with Crippen LogP contribution in [0.5, 0.6) is 17.2 Å². The van der Waals surface area contributed by atoms with Crippen molar-refractivity contribution in [2.45, 2.75) is 12.8 Å². The summed E-state index contributed by atoms with van der Waals surface area (Å²) < 4.78 is 17.4. The quantitative estimate of drug-likeness (QED) is 0.404. The molecule has 0 heterocycles. The van der Waals surface area contributed by atoms with Gasteiger partial charge in [0.15, 0.2) is 11.5 Å². The minimum absolute atomic E-state index is 0.648. The van der Waals surface area contributed by atoms with E-state index in [1.165, 1.54) is 0 Å². The van der Waals surface area contributed by atoms with Gasteiger partial charge in [-0.25, -0.2) is 0 Å². The molecular formula is C17H20Br2O3. The topological polar surface area (TPSA) is 27.7 Å². The highest BCUT2D eigenvalue weighted by Gasteiger charge is 2.14. The van der Waals surface area contributed by atoms with Gasteiger partial charge in [-0.15, -0.1) is 0 Å². The number of benzene rings is 2. The Morgan fingerprint density at radius 3 is 2.14 bits per heavy atom. The highest BCUT2D eigenvalue weighted by atomic mass is 79.9. The third-order valence-electron chi connectivity index (χ3n) is 3.20. The van der Waals surface area contributed by atoms with Crippen LogP contribution in [0.15, 0.2) is 30.3 Å². The van der Waals surface area contributed by atoms with Crippen LogP contribution in [0.25, 0.3) is 10.8 Å². The van der Waals surface area contributed by atoms with E-state index in [2.05, 4.69) is 37.9 Å². The summed E-state index contributed by atoms with van der Waals surface area (Å²) in [4.78, 5) is 0. The van der Waals surface area contributed by atoms with Gasteiger partial charge in [-0.2, -0.15) is 0 Å². The summed E-state index contributed by atoms with van der Waals surface area (Å²) in [6.07, 6.45) is 1.90. The summed E-state index contributed by atoms with van der Waals surface area (Å²) in [7, 11) is 1.66. The molecule has 0 aromatic heterocycles. The highest BCUT2D eigenvalue weighted by Crippen LogP contribution is 2.41. The molecule has 0 atom stereocenters. The molecule has 0 spiro atoms. The predicted octanol–water partition coefficient (Wildman–Crippen LogP) is 5.18. The van der Waals surface area contributed by atoms with Gasteiger partial charge in [0.1, 0.15) is 5.75 Å². The van der Waals surface area contributed by atoms with Crippen LogP contribution in [0.1, 0.15) is 12.8 Å². The fraction of sp³-hybridized carbons (Fsp3) is 0.412. The van der Waals surface area contributed by atoms with E-state index < -0.39 is 0 Å². The molecule has 0 aliphatic rings. The van der Waals surface area contributed by atoms with E-state index in [-0.39, 0.29) is 0 Å². The molecule has 22 heavy (non-hydrogen) atoms. The summed E-state index contributed by atoms with van der Waals surface area (Å²) in [6, 6.07) is 10.0. The van der Waals surface area contributed by atoms with E-state index in [0.29, 0.717) is 19.0 Å². The lowest BCUT2D eigenvalue weighted by atomic mass is 10.1. The molecule has 0 aliphatic carbocycles. The molecule has 0 unspecified atom stereocenters. The van der Waals surface area contributed by atoms with Crippen LogP contribution in [0.2, 0.25) is 0 Å². The molecule has 0 aliphatic heterocycles. The SMILES string of the molecule is COc1cc(OCCCBr)c2ccccc2c1OCCCBr. The van der Waals surface area contributed by atoms with Gasteiger partial charge in [0.05, 0.1) is 20.3 Å². The lowest BCUT2D eigenvalue weighted by Crippen LogP contribution is -2.03. The zero-order valence-corrected chi connectivity index (χ0v) is 15.8. The molecule has 0 fully saturated rings. The van der Waals surface area contributed by atoms with Gasteiger partial charge in [0.25, 0.3) is 0 Å². The van der Waals surface area contributed by atoms with Crippen molar-refractivity contribution in [1.29, 1.82) is 0 Å². The number of halogens is 2. The van der Waals surface area contributed by atoms with E-state index in [1.807, 2.05) is 24.3 Å². The monoisotopic (exact) mass is 430 g/mol. The maximum Gasteiger partial charge on any atom is 0.169 e. The zero-order valence-electron chi connectivity index (χ0n) is 12.6. The smallest absolute Gasteiger partial charge is 0.169 e. The van der Waals surface area contributed by atoms with Gasteiger partial charge in [0.2, 0.25) is 0 Å². The Labute approximate surface area is 148 Å². The Morgan fingerprint density at radius 2 is 1.50 bits per heavy atom. The van der Waals surface area contributed by atoms with Crippen LogP contribution in [0.3, 0.4) is 0 Å². The lowest BCUT2D eigenvalue weighted by Gasteiger charge is -2.16. The average molecular weight is 432 g/mol. The minimum atomic E-state index is 0.648. The summed E-state index contributed by atoms with van der Waals surface area (Å²) in [5, 5.41) is 3.91. The van der Waals surface area contributed by atoms with Gasteiger partial charge < -0.3 is 14.2 Å². The lowest BCUT2D eigenvalue weighted by molar-refractivity contribution is 0.294. The first-order valence-corrected chi connectivity index (χ1v) is 9.53. The second-order valence-electron chi connectivity index (χ2n) is 4.73. The molecule has 0 radical (unpaired) electrons. The first-order chi connectivity index (χ1) is 10.8. The molecule has 0 saturated carbocycles. The Hall–Kier alpha value is -0.940. The molecule has 3 nitrogen and oxygen atoms in total. The van der Waals surface area contributed by atoms with Crippen LogP contribution >= 0.6 is 31.9 Å². The fourth-order valence-corrected chi connectivity index (χ4v) is 2.63. The van der Waals surface area contributed by atoms with Crippen LogP contribution in [0, 0.1) is 0 Å². The Bertz CT molecular complexity index is 602. The maximum atomic E-state index is 5.94. The number of methoxy groups -OCH3 is 1. The van der Waals surface area contributed by atoms with Crippen LogP contribution in [0.4, 0.5) is 0 Å². The molecule has 120 valence electrons. The van der Waals surface area contributed by atoms with Crippen molar-refractivity contribution in [3.8, 4) is 17.2 Å². The number of rotatable bonds is 9. The molecule has 0 amide bonds. The van der Waals surface area contributed by atoms with E-state index in [1.54, 1.807) is 7.11 Å². The highest BCUT2D eigenvalue weighted by molar-refractivity contribution is 9.09. The van der Waals surface area contributed by atoms with Gasteiger partial charge in [-0.1, -0.05) is 56.1 Å². The fourth-order valence-electron chi connectivity index (χ4n) is 2.18. The number of alkyl halides is 2.